The molecule has 33 heteroatoms. The number of aliphatic carboxylic acids is 3. The Hall–Kier alpha value is -0.870. The van der Waals surface area contributed by atoms with Crippen molar-refractivity contribution in [2.75, 3.05) is 19.8 Å². The van der Waals surface area contributed by atoms with Crippen LogP contribution in [0.25, 0.3) is 0 Å². The molecule has 4 aliphatic heterocycles. The summed E-state index contributed by atoms with van der Waals surface area (Å²) in [6.45, 7) is -1.64. The van der Waals surface area contributed by atoms with E-state index in [1.54, 1.807) is 0 Å². The Bertz CT molecular complexity index is 1670. The number of hydrogen-bond donors (Lipinski definition) is 14. The maximum Gasteiger partial charge on any atom is 1.00 e. The van der Waals surface area contributed by atoms with Gasteiger partial charge in [-0.3, -0.25) is 9.59 Å². The first-order chi connectivity index (χ1) is 30.0. The molecule has 0 aromatic heterocycles. The van der Waals surface area contributed by atoms with E-state index in [2.05, 4.69) is 10.6 Å². The fourth-order valence-electron chi connectivity index (χ4n) is 7.05. The SMILES string of the molecule is CC(=O)N[C@H]1[C@H](O[C@@H]([C@H](O)[C@@H](O)CO)[C@H](O)C(=O)[O-])O[C@H](CO)[C@@H](O)[C@@H]1O[C@@H]1O[C@H](C(=O)[O-])[C@@H](O[C@@H]2O[C@H](CO)[C@@H](O)[C@H](O[C@@H]3OC(C(=O)[O-])=C[C@H](O)[C@H]3O)[C@H]2NC(C)=O)[C@H](O)[C@H]1O.[Na+].[Na+].[Na+]. The van der Waals surface area contributed by atoms with Crippen LogP contribution in [0.15, 0.2) is 11.8 Å². The number of carbonyl (C=O) groups excluding carboxylic acids is 5. The molecule has 0 unspecified atom stereocenters. The molecule has 0 aromatic carbocycles. The van der Waals surface area contributed by atoms with Gasteiger partial charge in [-0.25, -0.2) is 0 Å². The molecule has 3 saturated heterocycles. The van der Waals surface area contributed by atoms with Gasteiger partial charge in [-0.05, 0) is 6.08 Å². The third-order valence-corrected chi connectivity index (χ3v) is 10.3. The summed E-state index contributed by atoms with van der Waals surface area (Å²) < 4.78 is 43.7. The number of carboxylic acid groups (broad SMARTS) is 3. The van der Waals surface area contributed by atoms with Crippen LogP contribution in [0.1, 0.15) is 13.8 Å². The van der Waals surface area contributed by atoms with E-state index in [9.17, 15) is 101 Å². The summed E-state index contributed by atoms with van der Waals surface area (Å²) in [7, 11) is 0. The standard InChI is InChI=1S/C34H52N2O28.3Na/c1-7(40)35-14-24(19(47)12(5-38)58-31(14)62-25(22(50)29(53)54)16(44)10(43)4-37)61-34-21(49)20(48)26(27(64-34)30(55)56)63-32-15(36-8(2)41)23(18(46)13(6-39)59-32)60-33-17(45)9(42)3-11(57-33)28(51)52;;;/h3,9-10,12-27,31-34,37-39,42-50H,4-6H2,1-2H3,(H,35,40)(H,36,41)(H,51,52)(H,53,54)(H,55,56);;;/q;3*+1/p-3/t9-,10-,12+,13+,14+,15+,16+,17+,18+,19+,20+,21+,22-,23+,24+,25-,26-,27-,31-,32-,33-,34+;;;/m0.../s1. The largest absolute Gasteiger partial charge is 1.00 e. The third kappa shape index (κ3) is 15.6. The first kappa shape index (κ1) is 64.1. The van der Waals surface area contributed by atoms with Gasteiger partial charge in [0.15, 0.2) is 18.9 Å². The summed E-state index contributed by atoms with van der Waals surface area (Å²) in [4.78, 5) is 60.4. The Kier molecular flexibility index (Phi) is 27.2. The molecule has 2 amide bonds. The first-order valence-electron chi connectivity index (χ1n) is 19.1. The van der Waals surface area contributed by atoms with Gasteiger partial charge in [-0.15, -0.1) is 0 Å². The topological polar surface area (TPSA) is 495 Å². The van der Waals surface area contributed by atoms with Gasteiger partial charge in [0.05, 0.1) is 31.8 Å². The molecule has 4 heterocycles. The van der Waals surface area contributed by atoms with E-state index in [-0.39, 0.29) is 88.7 Å². The van der Waals surface area contributed by atoms with Crippen LogP contribution in [0.2, 0.25) is 0 Å². The van der Waals surface area contributed by atoms with Crippen LogP contribution in [-0.2, 0) is 61.9 Å². The summed E-state index contributed by atoms with van der Waals surface area (Å²) in [5.41, 5.74) is 0. The van der Waals surface area contributed by atoms with Crippen molar-refractivity contribution in [2.45, 2.75) is 149 Å². The van der Waals surface area contributed by atoms with Gasteiger partial charge in [-0.1, -0.05) is 0 Å². The number of nitrogens with one attached hydrogen (secondary N) is 2. The summed E-state index contributed by atoms with van der Waals surface area (Å²) in [6, 6.07) is -3.87. The number of aliphatic hydroxyl groups is 12. The van der Waals surface area contributed by atoms with Gasteiger partial charge in [-0.2, -0.15) is 0 Å². The zero-order valence-electron chi connectivity index (χ0n) is 36.3. The number of rotatable bonds is 19. The molecule has 14 N–H and O–H groups in total. The molecule has 0 saturated carbocycles. The van der Waals surface area contributed by atoms with Gasteiger partial charge in [0.25, 0.3) is 0 Å². The molecule has 0 bridgehead atoms. The quantitative estimate of drug-likeness (QED) is 0.0534. The molecule has 22 atom stereocenters. The Morgan fingerprint density at radius 1 is 0.657 bits per heavy atom. The first-order valence-corrected chi connectivity index (χ1v) is 19.1. The minimum atomic E-state index is -2.80. The molecule has 30 nitrogen and oxygen atoms in total. The molecule has 0 spiro atoms. The molecule has 0 radical (unpaired) electrons. The van der Waals surface area contributed by atoms with Crippen molar-refractivity contribution < 1.29 is 227 Å². The average Bonchev–Trinajstić information content (AvgIpc) is 3.23. The van der Waals surface area contributed by atoms with E-state index in [0.29, 0.717) is 6.08 Å². The van der Waals surface area contributed by atoms with E-state index in [1.807, 2.05) is 0 Å². The maximum atomic E-state index is 12.6. The normalized spacial score (nSPS) is 38.0. The van der Waals surface area contributed by atoms with Crippen LogP contribution in [0.4, 0.5) is 0 Å². The van der Waals surface area contributed by atoms with E-state index < -0.39 is 190 Å². The second kappa shape index (κ2) is 28.4. The molecule has 3 fully saturated rings. The molecular weight excluding hydrogens is 953 g/mol. The van der Waals surface area contributed by atoms with E-state index >= 15 is 0 Å². The van der Waals surface area contributed by atoms with Crippen molar-refractivity contribution in [3.05, 3.63) is 11.8 Å². The van der Waals surface area contributed by atoms with Gasteiger partial charge in [0, 0.05) is 13.8 Å². The summed E-state index contributed by atoms with van der Waals surface area (Å²) in [5.74, 6) is -9.46. The number of aliphatic hydroxyl groups excluding tert-OH is 12. The smallest absolute Gasteiger partial charge is 0.547 e. The second-order valence-electron chi connectivity index (χ2n) is 14.8. The molecule has 366 valence electrons. The molecule has 67 heavy (non-hydrogen) atoms. The predicted molar refractivity (Wildman–Crippen MR) is 184 cm³/mol. The van der Waals surface area contributed by atoms with E-state index in [0.717, 1.165) is 13.8 Å². The fourth-order valence-corrected chi connectivity index (χ4v) is 7.05. The maximum absolute atomic E-state index is 12.6. The van der Waals surface area contributed by atoms with Crippen molar-refractivity contribution in [3.63, 3.8) is 0 Å². The predicted octanol–water partition coefficient (Wildman–Crippen LogP) is -23.6. The third-order valence-electron chi connectivity index (χ3n) is 10.3. The van der Waals surface area contributed by atoms with Gasteiger partial charge in [0.2, 0.25) is 18.1 Å². The second-order valence-corrected chi connectivity index (χ2v) is 14.8. The van der Waals surface area contributed by atoms with E-state index in [1.165, 1.54) is 0 Å². The fraction of sp³-hybridized carbons (Fsp3) is 0.794. The van der Waals surface area contributed by atoms with Crippen molar-refractivity contribution in [1.29, 1.82) is 0 Å². The number of carbonyl (C=O) groups is 5. The Labute approximate surface area is 444 Å². The Morgan fingerprint density at radius 3 is 1.58 bits per heavy atom. The zero-order valence-corrected chi connectivity index (χ0v) is 42.3. The van der Waals surface area contributed by atoms with Crippen LogP contribution < -0.4 is 115 Å². The molecule has 0 aliphatic carbocycles. The molecule has 4 aliphatic rings. The van der Waals surface area contributed by atoms with Crippen LogP contribution in [-0.4, -0.2) is 246 Å². The summed E-state index contributed by atoms with van der Waals surface area (Å²) >= 11 is 0. The molecule has 0 aromatic rings. The van der Waals surface area contributed by atoms with Gasteiger partial charge < -0.3 is 140 Å². The van der Waals surface area contributed by atoms with Crippen molar-refractivity contribution in [2.24, 2.45) is 0 Å². The molecular formula is C34H49N2Na3O28. The van der Waals surface area contributed by atoms with Crippen LogP contribution in [0.5, 0.6) is 0 Å². The summed E-state index contributed by atoms with van der Waals surface area (Å²) in [5, 5.41) is 166. The Morgan fingerprint density at radius 2 is 1.13 bits per heavy atom. The van der Waals surface area contributed by atoms with Crippen molar-refractivity contribution in [3.8, 4) is 0 Å². The average molecular weight is 1000 g/mol. The van der Waals surface area contributed by atoms with E-state index in [4.69, 9.17) is 37.9 Å². The van der Waals surface area contributed by atoms with Crippen LogP contribution >= 0.6 is 0 Å². The van der Waals surface area contributed by atoms with Gasteiger partial charge in [0.1, 0.15) is 121 Å². The number of ether oxygens (including phenoxy) is 8. The molecule has 4 rings (SSSR count). The van der Waals surface area contributed by atoms with Crippen LogP contribution in [0.3, 0.4) is 0 Å². The van der Waals surface area contributed by atoms with Crippen molar-refractivity contribution in [1.82, 2.24) is 10.6 Å². The minimum absolute atomic E-state index is 0. The number of hydrogen-bond acceptors (Lipinski definition) is 28. The van der Waals surface area contributed by atoms with Gasteiger partial charge >= 0.3 is 88.7 Å². The Balaban J connectivity index is 0.00000748. The minimum Gasteiger partial charge on any atom is -0.547 e. The number of amides is 2. The zero-order chi connectivity index (χ0) is 48.1. The monoisotopic (exact) mass is 1000 g/mol. The number of carboxylic acids is 3. The van der Waals surface area contributed by atoms with Crippen molar-refractivity contribution >= 4 is 29.7 Å². The van der Waals surface area contributed by atoms with Crippen LogP contribution in [0, 0.1) is 0 Å². The summed E-state index contributed by atoms with van der Waals surface area (Å²) in [6.07, 6.45) is -44.1.